The van der Waals surface area contributed by atoms with Crippen molar-refractivity contribution in [3.63, 3.8) is 0 Å². The highest BCUT2D eigenvalue weighted by atomic mass is 16.2. The average Bonchev–Trinajstić information content (AvgIpc) is 2.38. The van der Waals surface area contributed by atoms with Crippen molar-refractivity contribution in [2.45, 2.75) is 58.0 Å². The van der Waals surface area contributed by atoms with Crippen LogP contribution >= 0.6 is 0 Å². The SMILES string of the molecule is CCCN(CC(=O)N(C)CC)C1CCC(N)CC1. The standard InChI is InChI=1S/C14H29N3O/c1-4-10-17(11-14(18)16(3)5-2)13-8-6-12(15)7-9-13/h12-13H,4-11,15H2,1-3H3. The van der Waals surface area contributed by atoms with Gasteiger partial charge in [-0.25, -0.2) is 0 Å². The molecule has 0 spiro atoms. The number of nitrogens with two attached hydrogens (primary N) is 1. The second kappa shape index (κ2) is 7.74. The van der Waals surface area contributed by atoms with Gasteiger partial charge in [-0.3, -0.25) is 9.69 Å². The van der Waals surface area contributed by atoms with Gasteiger partial charge in [-0.1, -0.05) is 6.92 Å². The Morgan fingerprint density at radius 1 is 1.22 bits per heavy atom. The first-order valence-electron chi connectivity index (χ1n) is 7.32. The van der Waals surface area contributed by atoms with Crippen LogP contribution in [0.1, 0.15) is 46.0 Å². The van der Waals surface area contributed by atoms with Gasteiger partial charge < -0.3 is 10.6 Å². The predicted octanol–water partition coefficient (Wildman–Crippen LogP) is 1.45. The Balaban J connectivity index is 2.51. The zero-order valence-corrected chi connectivity index (χ0v) is 12.2. The second-order valence-electron chi connectivity index (χ2n) is 5.45. The van der Waals surface area contributed by atoms with Crippen LogP contribution in [0, 0.1) is 0 Å². The molecule has 0 heterocycles. The molecule has 4 nitrogen and oxygen atoms in total. The first-order chi connectivity index (χ1) is 8.58. The van der Waals surface area contributed by atoms with E-state index >= 15 is 0 Å². The van der Waals surface area contributed by atoms with E-state index in [1.165, 1.54) is 0 Å². The zero-order chi connectivity index (χ0) is 13.5. The molecule has 0 atom stereocenters. The molecule has 1 aliphatic carbocycles. The number of carbonyl (C=O) groups is 1. The van der Waals surface area contributed by atoms with E-state index in [0.717, 1.165) is 45.2 Å². The summed E-state index contributed by atoms with van der Waals surface area (Å²) < 4.78 is 0. The number of hydrogen-bond acceptors (Lipinski definition) is 3. The normalized spacial score (nSPS) is 24.3. The molecule has 0 radical (unpaired) electrons. The minimum Gasteiger partial charge on any atom is -0.345 e. The molecule has 0 unspecified atom stereocenters. The van der Waals surface area contributed by atoms with Crippen molar-refractivity contribution in [1.82, 2.24) is 9.80 Å². The molecule has 1 amide bonds. The highest BCUT2D eigenvalue weighted by Crippen LogP contribution is 2.22. The van der Waals surface area contributed by atoms with E-state index in [-0.39, 0.29) is 5.91 Å². The zero-order valence-electron chi connectivity index (χ0n) is 12.2. The predicted molar refractivity (Wildman–Crippen MR) is 75.4 cm³/mol. The van der Waals surface area contributed by atoms with Gasteiger partial charge in [0, 0.05) is 25.7 Å². The Kier molecular flexibility index (Phi) is 6.65. The number of likely N-dealkylation sites (N-methyl/N-ethyl adjacent to an activating group) is 1. The molecular weight excluding hydrogens is 226 g/mol. The Hall–Kier alpha value is -0.610. The largest absolute Gasteiger partial charge is 0.345 e. The Bertz CT molecular complexity index is 249. The number of hydrogen-bond donors (Lipinski definition) is 1. The lowest BCUT2D eigenvalue weighted by atomic mass is 9.90. The van der Waals surface area contributed by atoms with Crippen LogP contribution in [0.25, 0.3) is 0 Å². The molecule has 2 N–H and O–H groups in total. The fraction of sp³-hybridized carbons (Fsp3) is 0.929. The molecule has 4 heteroatoms. The monoisotopic (exact) mass is 255 g/mol. The maximum atomic E-state index is 12.0. The molecule has 0 aliphatic heterocycles. The van der Waals surface area contributed by atoms with E-state index in [1.54, 1.807) is 4.90 Å². The van der Waals surface area contributed by atoms with Crippen LogP contribution in [0.4, 0.5) is 0 Å². The third-order valence-electron chi connectivity index (χ3n) is 4.01. The highest BCUT2D eigenvalue weighted by Gasteiger charge is 2.25. The van der Waals surface area contributed by atoms with Crippen molar-refractivity contribution >= 4 is 5.91 Å². The summed E-state index contributed by atoms with van der Waals surface area (Å²) in [6.45, 7) is 6.56. The van der Waals surface area contributed by atoms with Gasteiger partial charge in [0.2, 0.25) is 5.91 Å². The molecule has 0 aromatic carbocycles. The molecule has 1 aliphatic rings. The van der Waals surface area contributed by atoms with Crippen LogP contribution < -0.4 is 5.73 Å². The minimum atomic E-state index is 0.237. The van der Waals surface area contributed by atoms with E-state index < -0.39 is 0 Å². The molecule has 0 aromatic heterocycles. The number of nitrogens with zero attached hydrogens (tertiary/aromatic N) is 2. The fourth-order valence-corrected chi connectivity index (χ4v) is 2.62. The van der Waals surface area contributed by atoms with Gasteiger partial charge in [-0.05, 0) is 45.6 Å². The van der Waals surface area contributed by atoms with Gasteiger partial charge in [0.15, 0.2) is 0 Å². The minimum absolute atomic E-state index is 0.237. The van der Waals surface area contributed by atoms with Crippen molar-refractivity contribution < 1.29 is 4.79 Å². The molecule has 18 heavy (non-hydrogen) atoms. The van der Waals surface area contributed by atoms with Gasteiger partial charge in [-0.2, -0.15) is 0 Å². The summed E-state index contributed by atoms with van der Waals surface area (Å²) in [6, 6.07) is 0.928. The lowest BCUT2D eigenvalue weighted by Gasteiger charge is -2.36. The summed E-state index contributed by atoms with van der Waals surface area (Å²) in [4.78, 5) is 16.2. The summed E-state index contributed by atoms with van der Waals surface area (Å²) in [5.74, 6) is 0.237. The van der Waals surface area contributed by atoms with Crippen molar-refractivity contribution in [1.29, 1.82) is 0 Å². The topological polar surface area (TPSA) is 49.6 Å². The summed E-state index contributed by atoms with van der Waals surface area (Å²) >= 11 is 0. The molecule has 1 fully saturated rings. The van der Waals surface area contributed by atoms with Crippen LogP contribution in [-0.4, -0.2) is 54.5 Å². The fourth-order valence-electron chi connectivity index (χ4n) is 2.62. The molecule has 0 saturated heterocycles. The van der Waals surface area contributed by atoms with E-state index in [9.17, 15) is 4.79 Å². The van der Waals surface area contributed by atoms with E-state index in [1.807, 2.05) is 14.0 Å². The van der Waals surface area contributed by atoms with Crippen LogP contribution in [0.3, 0.4) is 0 Å². The van der Waals surface area contributed by atoms with Crippen molar-refractivity contribution in [3.8, 4) is 0 Å². The van der Waals surface area contributed by atoms with Crippen LogP contribution in [-0.2, 0) is 4.79 Å². The summed E-state index contributed by atoms with van der Waals surface area (Å²) in [5.41, 5.74) is 5.95. The smallest absolute Gasteiger partial charge is 0.236 e. The van der Waals surface area contributed by atoms with E-state index in [0.29, 0.717) is 18.6 Å². The molecular formula is C14H29N3O. The van der Waals surface area contributed by atoms with Crippen LogP contribution in [0.15, 0.2) is 0 Å². The summed E-state index contributed by atoms with van der Waals surface area (Å²) in [7, 11) is 1.88. The summed E-state index contributed by atoms with van der Waals surface area (Å²) in [5, 5.41) is 0. The highest BCUT2D eigenvalue weighted by molar-refractivity contribution is 5.77. The molecule has 1 saturated carbocycles. The molecule has 1 rings (SSSR count). The third-order valence-corrected chi connectivity index (χ3v) is 4.01. The Labute approximate surface area is 111 Å². The average molecular weight is 255 g/mol. The van der Waals surface area contributed by atoms with Gasteiger partial charge >= 0.3 is 0 Å². The maximum absolute atomic E-state index is 12.0. The van der Waals surface area contributed by atoms with Gasteiger partial charge in [0.05, 0.1) is 6.54 Å². The quantitative estimate of drug-likeness (QED) is 0.781. The van der Waals surface area contributed by atoms with Crippen molar-refractivity contribution in [2.75, 3.05) is 26.7 Å². The van der Waals surface area contributed by atoms with Gasteiger partial charge in [-0.15, -0.1) is 0 Å². The van der Waals surface area contributed by atoms with Crippen LogP contribution in [0.2, 0.25) is 0 Å². The van der Waals surface area contributed by atoms with Gasteiger partial charge in [0.1, 0.15) is 0 Å². The first kappa shape index (κ1) is 15.4. The molecule has 106 valence electrons. The van der Waals surface area contributed by atoms with Gasteiger partial charge in [0.25, 0.3) is 0 Å². The Morgan fingerprint density at radius 3 is 2.33 bits per heavy atom. The molecule has 0 aromatic rings. The number of amides is 1. The molecule has 0 bridgehead atoms. The van der Waals surface area contributed by atoms with Crippen LogP contribution in [0.5, 0.6) is 0 Å². The lowest BCUT2D eigenvalue weighted by molar-refractivity contribution is -0.131. The summed E-state index contributed by atoms with van der Waals surface area (Å²) in [6.07, 6.45) is 5.59. The van der Waals surface area contributed by atoms with E-state index in [4.69, 9.17) is 5.73 Å². The van der Waals surface area contributed by atoms with Crippen molar-refractivity contribution in [2.24, 2.45) is 5.73 Å². The Morgan fingerprint density at radius 2 is 1.83 bits per heavy atom. The second-order valence-corrected chi connectivity index (χ2v) is 5.45. The first-order valence-corrected chi connectivity index (χ1v) is 7.32. The maximum Gasteiger partial charge on any atom is 0.236 e. The third kappa shape index (κ3) is 4.58. The number of carbonyl (C=O) groups excluding carboxylic acids is 1. The van der Waals surface area contributed by atoms with Crippen molar-refractivity contribution in [3.05, 3.63) is 0 Å². The lowest BCUT2D eigenvalue weighted by Crippen LogP contribution is -2.46. The van der Waals surface area contributed by atoms with E-state index in [2.05, 4.69) is 11.8 Å². The number of rotatable bonds is 6.